The van der Waals surface area contributed by atoms with Gasteiger partial charge in [0.15, 0.2) is 0 Å². The zero-order chi connectivity index (χ0) is 14.3. The Labute approximate surface area is 108 Å². The van der Waals surface area contributed by atoms with E-state index in [4.69, 9.17) is 5.11 Å². The lowest BCUT2D eigenvalue weighted by molar-refractivity contribution is -0.0506. The average Bonchev–Trinajstić information content (AvgIpc) is 2.33. The van der Waals surface area contributed by atoms with Crippen LogP contribution < -0.4 is 0 Å². The molecule has 0 radical (unpaired) electrons. The molecule has 1 aromatic heterocycles. The van der Waals surface area contributed by atoms with Crippen molar-refractivity contribution >= 4 is 5.97 Å². The van der Waals surface area contributed by atoms with Crippen molar-refractivity contribution in [1.82, 2.24) is 4.98 Å². The van der Waals surface area contributed by atoms with Gasteiger partial charge >= 0.3 is 5.97 Å². The Hall–Kier alpha value is -1.59. The van der Waals surface area contributed by atoms with Gasteiger partial charge in [-0.05, 0) is 18.9 Å². The van der Waals surface area contributed by atoms with Gasteiger partial charge in [-0.15, -0.1) is 0 Å². The number of aromatic carboxylic acids is 1. The van der Waals surface area contributed by atoms with Gasteiger partial charge in [-0.1, -0.05) is 6.92 Å². The SMILES string of the molecule is CC1(c2ncc(C(=O)O)cc2F)CCC(F)(F)CC1. The highest BCUT2D eigenvalue weighted by atomic mass is 19.3. The van der Waals surface area contributed by atoms with E-state index in [1.807, 2.05) is 0 Å². The lowest BCUT2D eigenvalue weighted by atomic mass is 9.72. The van der Waals surface area contributed by atoms with Crippen LogP contribution in [0.4, 0.5) is 13.2 Å². The van der Waals surface area contributed by atoms with Gasteiger partial charge in [-0.2, -0.15) is 0 Å². The van der Waals surface area contributed by atoms with Crippen molar-refractivity contribution in [3.05, 3.63) is 29.3 Å². The molecule has 1 aliphatic rings. The molecule has 1 aliphatic carbocycles. The maximum Gasteiger partial charge on any atom is 0.337 e. The first-order chi connectivity index (χ1) is 8.73. The van der Waals surface area contributed by atoms with Crippen molar-refractivity contribution in [2.24, 2.45) is 0 Å². The van der Waals surface area contributed by atoms with E-state index in [9.17, 15) is 18.0 Å². The molecule has 1 heterocycles. The average molecular weight is 273 g/mol. The van der Waals surface area contributed by atoms with E-state index in [1.54, 1.807) is 6.92 Å². The highest BCUT2D eigenvalue weighted by molar-refractivity contribution is 5.87. The molecule has 19 heavy (non-hydrogen) atoms. The lowest BCUT2D eigenvalue weighted by Gasteiger charge is -2.36. The number of pyridine rings is 1. The summed E-state index contributed by atoms with van der Waals surface area (Å²) in [5, 5.41) is 8.74. The van der Waals surface area contributed by atoms with Gasteiger partial charge in [-0.25, -0.2) is 18.0 Å². The van der Waals surface area contributed by atoms with Gasteiger partial charge in [0, 0.05) is 24.5 Å². The standard InChI is InChI=1S/C13H14F3NO2/c1-12(2-4-13(15,16)5-3-12)10-9(14)6-8(7-17-10)11(18)19/h6-7H,2-5H2,1H3,(H,18,19). The summed E-state index contributed by atoms with van der Waals surface area (Å²) in [6.07, 6.45) is 0.738. The van der Waals surface area contributed by atoms with Crippen molar-refractivity contribution in [2.45, 2.75) is 43.9 Å². The summed E-state index contributed by atoms with van der Waals surface area (Å²) in [6, 6.07) is 0.892. The fourth-order valence-electron chi connectivity index (χ4n) is 2.40. The molecule has 1 saturated carbocycles. The fraction of sp³-hybridized carbons (Fsp3) is 0.538. The van der Waals surface area contributed by atoms with E-state index in [0.717, 1.165) is 12.3 Å². The van der Waals surface area contributed by atoms with E-state index in [0.29, 0.717) is 0 Å². The molecule has 2 rings (SSSR count). The zero-order valence-corrected chi connectivity index (χ0v) is 10.4. The van der Waals surface area contributed by atoms with Gasteiger partial charge < -0.3 is 5.11 Å². The van der Waals surface area contributed by atoms with Crippen LogP contribution in [0.3, 0.4) is 0 Å². The van der Waals surface area contributed by atoms with Crippen LogP contribution in [0, 0.1) is 5.82 Å². The third-order valence-electron chi connectivity index (χ3n) is 3.74. The third-order valence-corrected chi connectivity index (χ3v) is 3.74. The van der Waals surface area contributed by atoms with Gasteiger partial charge in [0.05, 0.1) is 11.3 Å². The van der Waals surface area contributed by atoms with Gasteiger partial charge in [0.25, 0.3) is 0 Å². The minimum atomic E-state index is -2.70. The summed E-state index contributed by atoms with van der Waals surface area (Å²) in [5.41, 5.74) is -0.929. The first kappa shape index (κ1) is 13.8. The van der Waals surface area contributed by atoms with E-state index in [1.165, 1.54) is 0 Å². The Balaban J connectivity index is 2.29. The third kappa shape index (κ3) is 2.72. The quantitative estimate of drug-likeness (QED) is 0.898. The number of carboxylic acids is 1. The normalized spacial score (nSPS) is 21.1. The van der Waals surface area contributed by atoms with Crippen LogP contribution in [0.2, 0.25) is 0 Å². The molecule has 1 fully saturated rings. The number of alkyl halides is 2. The van der Waals surface area contributed by atoms with Gasteiger partial charge in [-0.3, -0.25) is 4.98 Å². The molecule has 1 aromatic rings. The largest absolute Gasteiger partial charge is 0.478 e. The number of hydrogen-bond acceptors (Lipinski definition) is 2. The molecular formula is C13H14F3NO2. The Morgan fingerprint density at radius 3 is 2.37 bits per heavy atom. The maximum atomic E-state index is 13.9. The predicted molar refractivity (Wildman–Crippen MR) is 61.9 cm³/mol. The van der Waals surface area contributed by atoms with E-state index in [-0.39, 0.29) is 36.9 Å². The van der Waals surface area contributed by atoms with Crippen molar-refractivity contribution < 1.29 is 23.1 Å². The van der Waals surface area contributed by atoms with Crippen LogP contribution in [-0.4, -0.2) is 22.0 Å². The second kappa shape index (κ2) is 4.51. The molecule has 104 valence electrons. The van der Waals surface area contributed by atoms with E-state index >= 15 is 0 Å². The summed E-state index contributed by atoms with van der Waals surface area (Å²) in [4.78, 5) is 14.5. The Morgan fingerprint density at radius 1 is 1.32 bits per heavy atom. The molecule has 0 aromatic carbocycles. The number of halogens is 3. The van der Waals surface area contributed by atoms with Crippen LogP contribution >= 0.6 is 0 Å². The van der Waals surface area contributed by atoms with Gasteiger partial charge in [0.2, 0.25) is 5.92 Å². The van der Waals surface area contributed by atoms with Crippen LogP contribution in [0.1, 0.15) is 48.7 Å². The molecule has 0 saturated heterocycles. The predicted octanol–water partition coefficient (Wildman–Crippen LogP) is 3.39. The first-order valence-electron chi connectivity index (χ1n) is 6.01. The maximum absolute atomic E-state index is 13.9. The molecular weight excluding hydrogens is 259 g/mol. The number of carbonyl (C=O) groups is 1. The molecule has 0 unspecified atom stereocenters. The van der Waals surface area contributed by atoms with Crippen LogP contribution in [-0.2, 0) is 5.41 Å². The van der Waals surface area contributed by atoms with E-state index < -0.39 is 23.1 Å². The summed E-state index contributed by atoms with van der Waals surface area (Å²) >= 11 is 0. The summed E-state index contributed by atoms with van der Waals surface area (Å²) < 4.78 is 40.2. The molecule has 6 heteroatoms. The molecule has 0 spiro atoms. The smallest absolute Gasteiger partial charge is 0.337 e. The summed E-state index contributed by atoms with van der Waals surface area (Å²) in [7, 11) is 0. The number of aromatic nitrogens is 1. The topological polar surface area (TPSA) is 50.2 Å². The van der Waals surface area contributed by atoms with Crippen molar-refractivity contribution in [2.75, 3.05) is 0 Å². The molecule has 0 aliphatic heterocycles. The van der Waals surface area contributed by atoms with Gasteiger partial charge in [0.1, 0.15) is 5.82 Å². The van der Waals surface area contributed by atoms with Crippen molar-refractivity contribution in [3.8, 4) is 0 Å². The number of hydrogen-bond donors (Lipinski definition) is 1. The Morgan fingerprint density at radius 2 is 1.89 bits per heavy atom. The minimum absolute atomic E-state index is 0.0769. The molecule has 0 bridgehead atoms. The second-order valence-corrected chi connectivity index (χ2v) is 5.28. The minimum Gasteiger partial charge on any atom is -0.478 e. The van der Waals surface area contributed by atoms with Crippen LogP contribution in [0.5, 0.6) is 0 Å². The van der Waals surface area contributed by atoms with Crippen LogP contribution in [0.25, 0.3) is 0 Å². The highest BCUT2D eigenvalue weighted by Crippen LogP contribution is 2.45. The number of carboxylic acid groups (broad SMARTS) is 1. The molecule has 3 nitrogen and oxygen atoms in total. The summed E-state index contributed by atoms with van der Waals surface area (Å²) in [6.45, 7) is 1.69. The lowest BCUT2D eigenvalue weighted by Crippen LogP contribution is -2.35. The Bertz CT molecular complexity index is 507. The van der Waals surface area contributed by atoms with Crippen LogP contribution in [0.15, 0.2) is 12.3 Å². The van der Waals surface area contributed by atoms with E-state index in [2.05, 4.69) is 4.98 Å². The fourth-order valence-corrected chi connectivity index (χ4v) is 2.40. The molecule has 1 N–H and O–H groups in total. The zero-order valence-electron chi connectivity index (χ0n) is 10.4. The number of nitrogens with zero attached hydrogens (tertiary/aromatic N) is 1. The second-order valence-electron chi connectivity index (χ2n) is 5.28. The monoisotopic (exact) mass is 273 g/mol. The number of rotatable bonds is 2. The highest BCUT2D eigenvalue weighted by Gasteiger charge is 2.43. The Kier molecular flexibility index (Phi) is 3.28. The summed E-state index contributed by atoms with van der Waals surface area (Å²) in [5.74, 6) is -4.71. The molecule has 0 atom stereocenters. The van der Waals surface area contributed by atoms with Crippen molar-refractivity contribution in [3.63, 3.8) is 0 Å². The van der Waals surface area contributed by atoms with Crippen molar-refractivity contribution in [1.29, 1.82) is 0 Å². The first-order valence-corrected chi connectivity index (χ1v) is 6.01. The molecule has 0 amide bonds.